The summed E-state index contributed by atoms with van der Waals surface area (Å²) in [7, 11) is 3.23. The number of nitrogens with one attached hydrogen (secondary N) is 2. The second-order valence-electron chi connectivity index (χ2n) is 7.26. The van der Waals surface area contributed by atoms with Crippen LogP contribution in [-0.2, 0) is 5.41 Å². The van der Waals surface area contributed by atoms with Gasteiger partial charge in [0.25, 0.3) is 0 Å². The normalized spacial score (nSPS) is 12.2. The minimum Gasteiger partial charge on any atom is -0.493 e. The quantitative estimate of drug-likeness (QED) is 0.719. The average molecular weight is 373 g/mol. The van der Waals surface area contributed by atoms with E-state index in [9.17, 15) is 0 Å². The largest absolute Gasteiger partial charge is 0.493 e. The molecule has 0 spiro atoms. The van der Waals surface area contributed by atoms with E-state index in [0.29, 0.717) is 16.6 Å². The molecule has 0 saturated heterocycles. The van der Waals surface area contributed by atoms with E-state index < -0.39 is 0 Å². The van der Waals surface area contributed by atoms with E-state index in [2.05, 4.69) is 62.6 Å². The van der Waals surface area contributed by atoms with E-state index in [1.165, 1.54) is 11.1 Å². The Morgan fingerprint density at radius 1 is 0.962 bits per heavy atom. The summed E-state index contributed by atoms with van der Waals surface area (Å²) in [5.74, 6) is 1.34. The van der Waals surface area contributed by atoms with E-state index in [-0.39, 0.29) is 11.5 Å². The molecule has 140 valence electrons. The van der Waals surface area contributed by atoms with Crippen LogP contribution in [0.3, 0.4) is 0 Å². The molecule has 0 aromatic heterocycles. The molecular weight excluding hydrogens is 344 g/mol. The number of anilines is 1. The molecule has 2 N–H and O–H groups in total. The van der Waals surface area contributed by atoms with Crippen molar-refractivity contribution >= 4 is 23.0 Å². The molecule has 2 rings (SSSR count). The van der Waals surface area contributed by atoms with Gasteiger partial charge in [0.05, 0.1) is 20.3 Å². The van der Waals surface area contributed by atoms with Gasteiger partial charge in [-0.25, -0.2) is 0 Å². The highest BCUT2D eigenvalue weighted by molar-refractivity contribution is 7.80. The molecule has 1 atom stereocenters. The zero-order valence-corrected chi connectivity index (χ0v) is 17.2. The summed E-state index contributed by atoms with van der Waals surface area (Å²) in [5.41, 5.74) is 3.50. The van der Waals surface area contributed by atoms with Crippen molar-refractivity contribution in [3.63, 3.8) is 0 Å². The number of hydrogen-bond donors (Lipinski definition) is 2. The Morgan fingerprint density at radius 2 is 1.58 bits per heavy atom. The molecule has 0 heterocycles. The maximum Gasteiger partial charge on any atom is 0.171 e. The first-order valence-electron chi connectivity index (χ1n) is 8.64. The van der Waals surface area contributed by atoms with Gasteiger partial charge in [-0.15, -0.1) is 0 Å². The lowest BCUT2D eigenvalue weighted by molar-refractivity contribution is 0.355. The van der Waals surface area contributed by atoms with Crippen LogP contribution in [0.1, 0.15) is 44.9 Å². The zero-order chi connectivity index (χ0) is 19.3. The molecule has 5 heteroatoms. The Bertz CT molecular complexity index is 752. The second kappa shape index (κ2) is 8.41. The first-order valence-corrected chi connectivity index (χ1v) is 9.05. The second-order valence-corrected chi connectivity index (χ2v) is 7.67. The van der Waals surface area contributed by atoms with Gasteiger partial charge in [0.1, 0.15) is 0 Å². The van der Waals surface area contributed by atoms with E-state index >= 15 is 0 Å². The molecule has 0 saturated carbocycles. The van der Waals surface area contributed by atoms with Crippen molar-refractivity contribution < 1.29 is 9.47 Å². The number of methoxy groups -OCH3 is 2. The molecule has 0 radical (unpaired) electrons. The molecule has 0 amide bonds. The van der Waals surface area contributed by atoms with Crippen molar-refractivity contribution in [2.45, 2.75) is 39.2 Å². The van der Waals surface area contributed by atoms with Crippen LogP contribution in [-0.4, -0.2) is 19.3 Å². The fourth-order valence-corrected chi connectivity index (χ4v) is 2.93. The predicted octanol–water partition coefficient (Wildman–Crippen LogP) is 5.05. The minimum absolute atomic E-state index is 0.101. The molecule has 0 bridgehead atoms. The van der Waals surface area contributed by atoms with Crippen molar-refractivity contribution in [1.82, 2.24) is 5.32 Å². The zero-order valence-electron chi connectivity index (χ0n) is 16.3. The SMILES string of the molecule is COc1ccc(NC(=S)NC(C)c2ccc(C(C)(C)C)cc2)cc1OC. The Kier molecular flexibility index (Phi) is 6.48. The molecule has 26 heavy (non-hydrogen) atoms. The Balaban J connectivity index is 2.01. The molecular formula is C21H28N2O2S. The highest BCUT2D eigenvalue weighted by atomic mass is 32.1. The minimum atomic E-state index is 0.101. The Morgan fingerprint density at radius 3 is 2.12 bits per heavy atom. The van der Waals surface area contributed by atoms with Crippen LogP contribution in [0.2, 0.25) is 0 Å². The van der Waals surface area contributed by atoms with Gasteiger partial charge in [-0.05, 0) is 47.8 Å². The lowest BCUT2D eigenvalue weighted by atomic mass is 9.86. The van der Waals surface area contributed by atoms with Crippen LogP contribution >= 0.6 is 12.2 Å². The van der Waals surface area contributed by atoms with Crippen molar-refractivity contribution in [3.8, 4) is 11.5 Å². The maximum atomic E-state index is 5.44. The first kappa shape index (κ1) is 20.0. The van der Waals surface area contributed by atoms with Crippen LogP contribution in [0.5, 0.6) is 11.5 Å². The van der Waals surface area contributed by atoms with E-state index in [4.69, 9.17) is 21.7 Å². The molecule has 0 aliphatic carbocycles. The van der Waals surface area contributed by atoms with Crippen LogP contribution in [0, 0.1) is 0 Å². The summed E-state index contributed by atoms with van der Waals surface area (Å²) in [5, 5.41) is 7.07. The van der Waals surface area contributed by atoms with Crippen LogP contribution in [0.4, 0.5) is 5.69 Å². The fraction of sp³-hybridized carbons (Fsp3) is 0.381. The van der Waals surface area contributed by atoms with Gasteiger partial charge in [-0.1, -0.05) is 45.0 Å². The number of hydrogen-bond acceptors (Lipinski definition) is 3. The van der Waals surface area contributed by atoms with Crippen molar-refractivity contribution in [3.05, 3.63) is 53.6 Å². The molecule has 0 aliphatic heterocycles. The monoisotopic (exact) mass is 372 g/mol. The summed E-state index contributed by atoms with van der Waals surface area (Å²) in [6, 6.07) is 14.4. The first-order chi connectivity index (χ1) is 12.2. The maximum absolute atomic E-state index is 5.44. The van der Waals surface area contributed by atoms with Gasteiger partial charge in [0.15, 0.2) is 16.6 Å². The third-order valence-electron chi connectivity index (χ3n) is 4.27. The third kappa shape index (κ3) is 5.11. The van der Waals surface area contributed by atoms with Crippen LogP contribution in [0.25, 0.3) is 0 Å². The highest BCUT2D eigenvalue weighted by Gasteiger charge is 2.14. The Labute approximate surface area is 161 Å². The standard InChI is InChI=1S/C21H28N2O2S/c1-14(15-7-9-16(10-8-15)21(2,3)4)22-20(26)23-17-11-12-18(24-5)19(13-17)25-6/h7-14H,1-6H3,(H2,22,23,26). The summed E-state index contributed by atoms with van der Waals surface area (Å²) in [6.45, 7) is 8.73. The lowest BCUT2D eigenvalue weighted by Gasteiger charge is -2.21. The van der Waals surface area contributed by atoms with Crippen molar-refractivity contribution in [2.75, 3.05) is 19.5 Å². The molecule has 0 aliphatic rings. The van der Waals surface area contributed by atoms with Crippen LogP contribution in [0.15, 0.2) is 42.5 Å². The summed E-state index contributed by atoms with van der Waals surface area (Å²) < 4.78 is 10.6. The van der Waals surface area contributed by atoms with Crippen molar-refractivity contribution in [2.24, 2.45) is 0 Å². The third-order valence-corrected chi connectivity index (χ3v) is 4.49. The predicted molar refractivity (Wildman–Crippen MR) is 112 cm³/mol. The van der Waals surface area contributed by atoms with Gasteiger partial charge < -0.3 is 20.1 Å². The van der Waals surface area contributed by atoms with Gasteiger partial charge in [0, 0.05) is 11.8 Å². The molecule has 4 nitrogen and oxygen atoms in total. The highest BCUT2D eigenvalue weighted by Crippen LogP contribution is 2.30. The van der Waals surface area contributed by atoms with Gasteiger partial charge in [0.2, 0.25) is 0 Å². The number of thiocarbonyl (C=S) groups is 1. The topological polar surface area (TPSA) is 42.5 Å². The van der Waals surface area contributed by atoms with Gasteiger partial charge in [-0.2, -0.15) is 0 Å². The summed E-state index contributed by atoms with van der Waals surface area (Å²) in [4.78, 5) is 0. The smallest absolute Gasteiger partial charge is 0.171 e. The van der Waals surface area contributed by atoms with Gasteiger partial charge in [-0.3, -0.25) is 0 Å². The molecule has 2 aromatic rings. The van der Waals surface area contributed by atoms with E-state index in [1.807, 2.05) is 18.2 Å². The summed E-state index contributed by atoms with van der Waals surface area (Å²) >= 11 is 5.44. The summed E-state index contributed by atoms with van der Waals surface area (Å²) in [6.07, 6.45) is 0. The van der Waals surface area contributed by atoms with Crippen molar-refractivity contribution in [1.29, 1.82) is 0 Å². The number of rotatable bonds is 5. The molecule has 1 unspecified atom stereocenters. The van der Waals surface area contributed by atoms with E-state index in [1.54, 1.807) is 14.2 Å². The molecule has 0 fully saturated rings. The molecule has 2 aromatic carbocycles. The van der Waals surface area contributed by atoms with Gasteiger partial charge >= 0.3 is 0 Å². The van der Waals surface area contributed by atoms with Crippen LogP contribution < -0.4 is 20.1 Å². The number of ether oxygens (including phenoxy) is 2. The Hall–Kier alpha value is -2.27. The lowest BCUT2D eigenvalue weighted by Crippen LogP contribution is -2.30. The fourth-order valence-electron chi connectivity index (χ4n) is 2.63. The number of benzene rings is 2. The average Bonchev–Trinajstić information content (AvgIpc) is 2.60. The van der Waals surface area contributed by atoms with E-state index in [0.717, 1.165) is 5.69 Å².